The Kier molecular flexibility index (Phi) is 3.92. The van der Waals surface area contributed by atoms with Gasteiger partial charge in [0, 0.05) is 11.1 Å². The predicted octanol–water partition coefficient (Wildman–Crippen LogP) is 3.57. The van der Waals surface area contributed by atoms with Crippen LogP contribution in [0.15, 0.2) is 48.5 Å². The maximum atomic E-state index is 12.4. The lowest BCUT2D eigenvalue weighted by Crippen LogP contribution is -2.07. The van der Waals surface area contributed by atoms with E-state index in [1.807, 2.05) is 19.1 Å². The molecule has 0 radical (unpaired) electrons. The van der Waals surface area contributed by atoms with Gasteiger partial charge < -0.3 is 9.47 Å². The number of Topliss-reactive ketones (excluding diaryl/α,β-unsaturated/α-hetero) is 1. The first kappa shape index (κ1) is 14.3. The summed E-state index contributed by atoms with van der Waals surface area (Å²) in [5.41, 5.74) is 1.92. The molecule has 4 heteroatoms. The van der Waals surface area contributed by atoms with Gasteiger partial charge in [0.05, 0.1) is 18.6 Å². The van der Waals surface area contributed by atoms with Crippen molar-refractivity contribution in [1.29, 1.82) is 0 Å². The molecule has 0 fully saturated rings. The van der Waals surface area contributed by atoms with Gasteiger partial charge in [-0.2, -0.15) is 0 Å². The van der Waals surface area contributed by atoms with E-state index in [-0.39, 0.29) is 18.2 Å². The van der Waals surface area contributed by atoms with Crippen LogP contribution in [-0.4, -0.2) is 18.4 Å². The quantitative estimate of drug-likeness (QED) is 0.625. The summed E-state index contributed by atoms with van der Waals surface area (Å²) in [5.74, 6) is 0.314. The van der Waals surface area contributed by atoms with E-state index in [9.17, 15) is 9.59 Å². The first-order chi connectivity index (χ1) is 10.7. The molecule has 0 saturated carbocycles. The van der Waals surface area contributed by atoms with Gasteiger partial charge >= 0.3 is 5.97 Å². The fraction of sp³-hybridized carbons (Fsp3) is 0.222. The van der Waals surface area contributed by atoms with Gasteiger partial charge in [-0.3, -0.25) is 4.79 Å². The van der Waals surface area contributed by atoms with Crippen LogP contribution in [0.1, 0.15) is 45.7 Å². The molecule has 22 heavy (non-hydrogen) atoms. The van der Waals surface area contributed by atoms with Crippen molar-refractivity contribution in [3.8, 4) is 5.75 Å². The van der Waals surface area contributed by atoms with E-state index in [1.165, 1.54) is 0 Å². The van der Waals surface area contributed by atoms with Crippen molar-refractivity contribution in [1.82, 2.24) is 0 Å². The molecule has 0 N–H and O–H groups in total. The number of ether oxygens (including phenoxy) is 2. The summed E-state index contributed by atoms with van der Waals surface area (Å²) < 4.78 is 10.7. The number of carbonyl (C=O) groups excluding carboxylic acids is 2. The Labute approximate surface area is 128 Å². The second kappa shape index (κ2) is 6.02. The number of hydrogen-bond acceptors (Lipinski definition) is 4. The molecular formula is C18H16O4. The molecule has 0 amide bonds. The van der Waals surface area contributed by atoms with Crippen molar-refractivity contribution in [2.45, 2.75) is 19.4 Å². The largest absolute Gasteiger partial charge is 0.494 e. The minimum atomic E-state index is -0.497. The van der Waals surface area contributed by atoms with Gasteiger partial charge in [-0.05, 0) is 37.3 Å². The van der Waals surface area contributed by atoms with Crippen LogP contribution in [0.4, 0.5) is 0 Å². The van der Waals surface area contributed by atoms with E-state index < -0.39 is 6.10 Å². The van der Waals surface area contributed by atoms with Gasteiger partial charge in [0.25, 0.3) is 0 Å². The summed E-state index contributed by atoms with van der Waals surface area (Å²) in [7, 11) is 0. The van der Waals surface area contributed by atoms with E-state index >= 15 is 0 Å². The SMILES string of the molecule is CCOc1ccc(C(=O)CC2OC(=O)c3ccccc32)cc1. The number of esters is 1. The highest BCUT2D eigenvalue weighted by atomic mass is 16.5. The summed E-state index contributed by atoms with van der Waals surface area (Å²) in [6.45, 7) is 2.49. The molecule has 0 aliphatic carbocycles. The van der Waals surface area contributed by atoms with Crippen molar-refractivity contribution in [3.05, 3.63) is 65.2 Å². The van der Waals surface area contributed by atoms with Crippen LogP contribution in [-0.2, 0) is 4.74 Å². The zero-order chi connectivity index (χ0) is 15.5. The lowest BCUT2D eigenvalue weighted by molar-refractivity contribution is 0.0367. The molecule has 3 rings (SSSR count). The highest BCUT2D eigenvalue weighted by molar-refractivity contribution is 5.99. The Morgan fingerprint density at radius 1 is 1.14 bits per heavy atom. The molecule has 1 atom stereocenters. The first-order valence-corrected chi connectivity index (χ1v) is 7.25. The third-order valence-corrected chi connectivity index (χ3v) is 3.63. The Bertz CT molecular complexity index is 703. The molecule has 2 aromatic carbocycles. The third kappa shape index (κ3) is 2.72. The molecule has 0 aromatic heterocycles. The van der Waals surface area contributed by atoms with Crippen LogP contribution in [0.3, 0.4) is 0 Å². The molecular weight excluding hydrogens is 280 g/mol. The molecule has 112 valence electrons. The van der Waals surface area contributed by atoms with Crippen LogP contribution in [0.2, 0.25) is 0 Å². The Hall–Kier alpha value is -2.62. The molecule has 0 spiro atoms. The van der Waals surface area contributed by atoms with Crippen LogP contribution in [0.5, 0.6) is 5.75 Å². The number of fused-ring (bicyclic) bond motifs is 1. The number of benzene rings is 2. The average molecular weight is 296 g/mol. The molecule has 2 aromatic rings. The summed E-state index contributed by atoms with van der Waals surface area (Å²) in [6.07, 6.45) is -0.348. The minimum absolute atomic E-state index is 0.0578. The van der Waals surface area contributed by atoms with Gasteiger partial charge in [0.15, 0.2) is 5.78 Å². The van der Waals surface area contributed by atoms with E-state index in [2.05, 4.69) is 0 Å². The van der Waals surface area contributed by atoms with Crippen molar-refractivity contribution < 1.29 is 19.1 Å². The van der Waals surface area contributed by atoms with Gasteiger partial charge in [-0.1, -0.05) is 18.2 Å². The summed E-state index contributed by atoms with van der Waals surface area (Å²) in [4.78, 5) is 24.1. The van der Waals surface area contributed by atoms with Crippen molar-refractivity contribution >= 4 is 11.8 Å². The smallest absolute Gasteiger partial charge is 0.339 e. The summed E-state index contributed by atoms with van der Waals surface area (Å²) >= 11 is 0. The molecule has 1 heterocycles. The highest BCUT2D eigenvalue weighted by Crippen LogP contribution is 2.33. The molecule has 1 aliphatic heterocycles. The third-order valence-electron chi connectivity index (χ3n) is 3.63. The number of rotatable bonds is 5. The second-order valence-electron chi connectivity index (χ2n) is 5.07. The minimum Gasteiger partial charge on any atom is -0.494 e. The topological polar surface area (TPSA) is 52.6 Å². The van der Waals surface area contributed by atoms with Gasteiger partial charge in [-0.15, -0.1) is 0 Å². The van der Waals surface area contributed by atoms with E-state index in [0.717, 1.165) is 11.3 Å². The first-order valence-electron chi connectivity index (χ1n) is 7.25. The van der Waals surface area contributed by atoms with Crippen molar-refractivity contribution in [2.24, 2.45) is 0 Å². The van der Waals surface area contributed by atoms with Crippen LogP contribution >= 0.6 is 0 Å². The van der Waals surface area contributed by atoms with E-state index in [1.54, 1.807) is 36.4 Å². The van der Waals surface area contributed by atoms with Gasteiger partial charge in [0.2, 0.25) is 0 Å². The maximum Gasteiger partial charge on any atom is 0.339 e. The normalized spacial score (nSPS) is 16.0. The van der Waals surface area contributed by atoms with Crippen LogP contribution in [0.25, 0.3) is 0 Å². The van der Waals surface area contributed by atoms with Crippen LogP contribution in [0, 0.1) is 0 Å². The predicted molar refractivity (Wildman–Crippen MR) is 81.2 cm³/mol. The zero-order valence-electron chi connectivity index (χ0n) is 12.2. The summed E-state index contributed by atoms with van der Waals surface area (Å²) in [5, 5.41) is 0. The number of carbonyl (C=O) groups is 2. The Morgan fingerprint density at radius 3 is 2.59 bits per heavy atom. The van der Waals surface area contributed by atoms with E-state index in [0.29, 0.717) is 17.7 Å². The maximum absolute atomic E-state index is 12.4. The fourth-order valence-electron chi connectivity index (χ4n) is 2.56. The van der Waals surface area contributed by atoms with Crippen molar-refractivity contribution in [3.63, 3.8) is 0 Å². The van der Waals surface area contributed by atoms with Crippen molar-refractivity contribution in [2.75, 3.05) is 6.61 Å². The lowest BCUT2D eigenvalue weighted by atomic mass is 9.98. The van der Waals surface area contributed by atoms with E-state index in [4.69, 9.17) is 9.47 Å². The molecule has 1 unspecified atom stereocenters. The highest BCUT2D eigenvalue weighted by Gasteiger charge is 2.32. The molecule has 0 bridgehead atoms. The number of cyclic esters (lactones) is 1. The fourth-order valence-corrected chi connectivity index (χ4v) is 2.56. The lowest BCUT2D eigenvalue weighted by Gasteiger charge is -2.10. The second-order valence-corrected chi connectivity index (χ2v) is 5.07. The Morgan fingerprint density at radius 2 is 1.86 bits per heavy atom. The van der Waals surface area contributed by atoms with Crippen LogP contribution < -0.4 is 4.74 Å². The van der Waals surface area contributed by atoms with Gasteiger partial charge in [0.1, 0.15) is 11.9 Å². The zero-order valence-corrected chi connectivity index (χ0v) is 12.2. The molecule has 4 nitrogen and oxygen atoms in total. The summed E-state index contributed by atoms with van der Waals surface area (Å²) in [6, 6.07) is 14.2. The average Bonchev–Trinajstić information content (AvgIpc) is 2.85. The number of hydrogen-bond donors (Lipinski definition) is 0. The monoisotopic (exact) mass is 296 g/mol. The Balaban J connectivity index is 1.74. The van der Waals surface area contributed by atoms with Gasteiger partial charge in [-0.25, -0.2) is 4.79 Å². The molecule has 0 saturated heterocycles. The standard InChI is InChI=1S/C18H16O4/c1-2-21-13-9-7-12(8-10-13)16(19)11-17-14-5-3-4-6-15(14)18(20)22-17/h3-10,17H,2,11H2,1H3. The number of ketones is 1. The molecule has 1 aliphatic rings.